The maximum Gasteiger partial charge on any atom is 0.336 e. The number of para-hydroxylation sites is 1. The Morgan fingerprint density at radius 3 is 2.58 bits per heavy atom. The van der Waals surface area contributed by atoms with E-state index in [0.29, 0.717) is 5.56 Å². The zero-order chi connectivity index (χ0) is 16.7. The standard InChI is InChI=1S/C21H17NO2/c1-13-6-8-14(9-7-13)12-15-10-11-17-19(21(23)24)16-4-2-3-5-18(16)22-20(15)17/h2-9,12H,10-11H2,1H3,(H,23,24). The van der Waals surface area contributed by atoms with Crippen LogP contribution in [-0.4, -0.2) is 16.1 Å². The van der Waals surface area contributed by atoms with E-state index in [9.17, 15) is 9.90 Å². The summed E-state index contributed by atoms with van der Waals surface area (Å²) >= 11 is 0. The van der Waals surface area contributed by atoms with Crippen LogP contribution in [0, 0.1) is 6.92 Å². The van der Waals surface area contributed by atoms with Crippen molar-refractivity contribution >= 4 is 28.5 Å². The Morgan fingerprint density at radius 2 is 1.83 bits per heavy atom. The van der Waals surface area contributed by atoms with Crippen LogP contribution < -0.4 is 0 Å². The summed E-state index contributed by atoms with van der Waals surface area (Å²) in [5, 5.41) is 10.4. The highest BCUT2D eigenvalue weighted by atomic mass is 16.4. The van der Waals surface area contributed by atoms with Gasteiger partial charge in [0.15, 0.2) is 0 Å². The molecule has 24 heavy (non-hydrogen) atoms. The molecule has 1 N–H and O–H groups in total. The number of aromatic carboxylic acids is 1. The molecule has 0 atom stereocenters. The first-order chi connectivity index (χ1) is 11.6. The van der Waals surface area contributed by atoms with Gasteiger partial charge >= 0.3 is 5.97 Å². The molecule has 1 aliphatic rings. The van der Waals surface area contributed by atoms with Crippen LogP contribution in [0.3, 0.4) is 0 Å². The van der Waals surface area contributed by atoms with E-state index >= 15 is 0 Å². The van der Waals surface area contributed by atoms with Gasteiger partial charge in [0.05, 0.1) is 16.8 Å². The number of carbonyl (C=O) groups is 1. The predicted molar refractivity (Wildman–Crippen MR) is 96.1 cm³/mol. The second-order valence-electron chi connectivity index (χ2n) is 6.22. The number of aromatic nitrogens is 1. The van der Waals surface area contributed by atoms with Gasteiger partial charge in [-0.05, 0) is 48.6 Å². The minimum atomic E-state index is -0.874. The van der Waals surface area contributed by atoms with Gasteiger partial charge < -0.3 is 5.11 Å². The number of nitrogens with zero attached hydrogens (tertiary/aromatic N) is 1. The molecule has 0 saturated carbocycles. The van der Waals surface area contributed by atoms with Crippen LogP contribution in [0.15, 0.2) is 48.5 Å². The maximum absolute atomic E-state index is 11.8. The minimum Gasteiger partial charge on any atom is -0.478 e. The molecule has 3 heteroatoms. The summed E-state index contributed by atoms with van der Waals surface area (Å²) in [6.45, 7) is 2.06. The van der Waals surface area contributed by atoms with E-state index < -0.39 is 5.97 Å². The van der Waals surface area contributed by atoms with Crippen molar-refractivity contribution in [2.24, 2.45) is 0 Å². The molecule has 0 amide bonds. The Bertz CT molecular complexity index is 985. The molecule has 3 aromatic rings. The van der Waals surface area contributed by atoms with E-state index in [1.165, 1.54) is 5.56 Å². The number of pyridine rings is 1. The summed E-state index contributed by atoms with van der Waals surface area (Å²) in [6.07, 6.45) is 3.68. The van der Waals surface area contributed by atoms with E-state index in [1.54, 1.807) is 0 Å². The van der Waals surface area contributed by atoms with Crippen molar-refractivity contribution in [3.05, 3.63) is 76.5 Å². The predicted octanol–water partition coefficient (Wildman–Crippen LogP) is 4.73. The van der Waals surface area contributed by atoms with Crippen LogP contribution in [-0.2, 0) is 6.42 Å². The first-order valence-corrected chi connectivity index (χ1v) is 8.06. The normalized spacial score (nSPS) is 15.0. The summed E-state index contributed by atoms with van der Waals surface area (Å²) in [7, 11) is 0. The van der Waals surface area contributed by atoms with E-state index in [1.807, 2.05) is 24.3 Å². The van der Waals surface area contributed by atoms with Crippen molar-refractivity contribution in [2.75, 3.05) is 0 Å². The van der Waals surface area contributed by atoms with Gasteiger partial charge in [-0.15, -0.1) is 0 Å². The fraction of sp³-hybridized carbons (Fsp3) is 0.143. The average Bonchev–Trinajstić information content (AvgIpc) is 2.97. The van der Waals surface area contributed by atoms with Crippen molar-refractivity contribution in [1.29, 1.82) is 0 Å². The van der Waals surface area contributed by atoms with Crippen LogP contribution in [0.25, 0.3) is 22.6 Å². The summed E-state index contributed by atoms with van der Waals surface area (Å²) < 4.78 is 0. The first-order valence-electron chi connectivity index (χ1n) is 8.06. The third-order valence-corrected chi connectivity index (χ3v) is 4.57. The number of hydrogen-bond acceptors (Lipinski definition) is 2. The quantitative estimate of drug-likeness (QED) is 0.744. The van der Waals surface area contributed by atoms with E-state index in [2.05, 4.69) is 37.3 Å². The van der Waals surface area contributed by atoms with Crippen molar-refractivity contribution in [3.63, 3.8) is 0 Å². The fourth-order valence-corrected chi connectivity index (χ4v) is 3.39. The lowest BCUT2D eigenvalue weighted by Gasteiger charge is -2.09. The van der Waals surface area contributed by atoms with Crippen molar-refractivity contribution in [1.82, 2.24) is 4.98 Å². The van der Waals surface area contributed by atoms with Gasteiger partial charge in [-0.25, -0.2) is 9.78 Å². The Hall–Kier alpha value is -2.94. The van der Waals surface area contributed by atoms with Crippen LogP contribution in [0.2, 0.25) is 0 Å². The van der Waals surface area contributed by atoms with Crippen molar-refractivity contribution < 1.29 is 9.90 Å². The smallest absolute Gasteiger partial charge is 0.336 e. The monoisotopic (exact) mass is 315 g/mol. The minimum absolute atomic E-state index is 0.405. The zero-order valence-corrected chi connectivity index (χ0v) is 13.4. The third kappa shape index (κ3) is 2.38. The topological polar surface area (TPSA) is 50.2 Å². The van der Waals surface area contributed by atoms with Crippen LogP contribution in [0.4, 0.5) is 0 Å². The number of benzene rings is 2. The number of rotatable bonds is 2. The van der Waals surface area contributed by atoms with Gasteiger partial charge in [0.1, 0.15) is 0 Å². The summed E-state index contributed by atoms with van der Waals surface area (Å²) in [5.74, 6) is -0.874. The Labute approximate surface area is 140 Å². The summed E-state index contributed by atoms with van der Waals surface area (Å²) in [5.41, 5.74) is 6.30. The molecular formula is C21H17NO2. The van der Waals surface area contributed by atoms with Gasteiger partial charge in [-0.2, -0.15) is 0 Å². The number of allylic oxidation sites excluding steroid dienone is 1. The molecule has 0 radical (unpaired) electrons. The molecule has 0 aliphatic heterocycles. The molecule has 0 unspecified atom stereocenters. The van der Waals surface area contributed by atoms with E-state index in [-0.39, 0.29) is 0 Å². The molecule has 0 spiro atoms. The molecule has 118 valence electrons. The molecule has 4 rings (SSSR count). The van der Waals surface area contributed by atoms with Gasteiger partial charge in [0.2, 0.25) is 0 Å². The second-order valence-corrected chi connectivity index (χ2v) is 6.22. The molecule has 2 aromatic carbocycles. The highest BCUT2D eigenvalue weighted by molar-refractivity contribution is 6.06. The molecule has 0 fully saturated rings. The van der Waals surface area contributed by atoms with Crippen LogP contribution in [0.5, 0.6) is 0 Å². The Balaban J connectivity index is 1.92. The lowest BCUT2D eigenvalue weighted by Crippen LogP contribution is -2.05. The summed E-state index contributed by atoms with van der Waals surface area (Å²) in [4.78, 5) is 16.6. The SMILES string of the molecule is Cc1ccc(C=C2CCc3c2nc2ccccc2c3C(=O)O)cc1. The van der Waals surface area contributed by atoms with Crippen LogP contribution >= 0.6 is 0 Å². The highest BCUT2D eigenvalue weighted by Gasteiger charge is 2.26. The van der Waals surface area contributed by atoms with Gasteiger partial charge in [-0.3, -0.25) is 0 Å². The van der Waals surface area contributed by atoms with Crippen molar-refractivity contribution in [3.8, 4) is 0 Å². The molecule has 1 aromatic heterocycles. The van der Waals surface area contributed by atoms with Crippen LogP contribution in [0.1, 0.15) is 39.2 Å². The maximum atomic E-state index is 11.8. The summed E-state index contributed by atoms with van der Waals surface area (Å²) in [6, 6.07) is 15.8. The average molecular weight is 315 g/mol. The Kier molecular flexibility index (Phi) is 3.42. The van der Waals surface area contributed by atoms with Gasteiger partial charge in [0, 0.05) is 5.39 Å². The number of fused-ring (bicyclic) bond motifs is 2. The number of hydrogen-bond donors (Lipinski definition) is 1. The fourth-order valence-electron chi connectivity index (χ4n) is 3.39. The van der Waals surface area contributed by atoms with E-state index in [0.717, 1.165) is 46.1 Å². The van der Waals surface area contributed by atoms with E-state index in [4.69, 9.17) is 4.98 Å². The lowest BCUT2D eigenvalue weighted by atomic mass is 10.0. The molecule has 1 heterocycles. The second kappa shape index (κ2) is 5.60. The van der Waals surface area contributed by atoms with Gasteiger partial charge in [0.25, 0.3) is 0 Å². The highest BCUT2D eigenvalue weighted by Crippen LogP contribution is 2.37. The number of aryl methyl sites for hydroxylation is 1. The lowest BCUT2D eigenvalue weighted by molar-refractivity contribution is 0.0698. The third-order valence-electron chi connectivity index (χ3n) is 4.57. The molecule has 0 saturated heterocycles. The molecule has 0 bridgehead atoms. The van der Waals surface area contributed by atoms with Gasteiger partial charge in [-0.1, -0.05) is 48.0 Å². The Morgan fingerprint density at radius 1 is 1.08 bits per heavy atom. The van der Waals surface area contributed by atoms with Crippen molar-refractivity contribution in [2.45, 2.75) is 19.8 Å². The first kappa shape index (κ1) is 14.6. The molecule has 1 aliphatic carbocycles. The largest absolute Gasteiger partial charge is 0.478 e. The number of carboxylic acid groups (broad SMARTS) is 1. The zero-order valence-electron chi connectivity index (χ0n) is 13.4. The molecule has 3 nitrogen and oxygen atoms in total. The molecular weight excluding hydrogens is 298 g/mol. The number of carboxylic acids is 1.